The van der Waals surface area contributed by atoms with Crippen molar-refractivity contribution in [2.75, 3.05) is 0 Å². The van der Waals surface area contributed by atoms with Gasteiger partial charge in [-0.1, -0.05) is 29.8 Å². The fourth-order valence-corrected chi connectivity index (χ4v) is 3.70. The molecule has 1 N–H and O–H groups in total. The molecule has 21 heavy (non-hydrogen) atoms. The molecule has 2 heterocycles. The summed E-state index contributed by atoms with van der Waals surface area (Å²) in [7, 11) is 0. The molecule has 0 bridgehead atoms. The Hall–Kier alpha value is -1.36. The van der Waals surface area contributed by atoms with Crippen LogP contribution in [0.15, 0.2) is 30.5 Å². The number of hydrogen-bond acceptors (Lipinski definition) is 3. The minimum atomic E-state index is 0.198. The Bertz CT molecular complexity index is 775. The SMILES string of the molecule is Cc1cn2c(CN[C@H](C)c3ccccc3Cl)c(C)nc2s1. The summed E-state index contributed by atoms with van der Waals surface area (Å²) in [5.41, 5.74) is 3.42. The number of nitrogens with one attached hydrogen (secondary N) is 1. The zero-order chi connectivity index (χ0) is 15.0. The summed E-state index contributed by atoms with van der Waals surface area (Å²) in [6.07, 6.45) is 2.15. The maximum absolute atomic E-state index is 6.25. The maximum atomic E-state index is 6.25. The van der Waals surface area contributed by atoms with Crippen molar-refractivity contribution in [3.05, 3.63) is 57.3 Å². The highest BCUT2D eigenvalue weighted by Gasteiger charge is 2.13. The molecule has 1 atom stereocenters. The second-order valence-electron chi connectivity index (χ2n) is 5.26. The third-order valence-electron chi connectivity index (χ3n) is 3.69. The van der Waals surface area contributed by atoms with Crippen molar-refractivity contribution >= 4 is 27.9 Å². The topological polar surface area (TPSA) is 29.3 Å². The molecule has 0 saturated carbocycles. The zero-order valence-electron chi connectivity index (χ0n) is 12.4. The number of halogens is 1. The van der Waals surface area contributed by atoms with Crippen LogP contribution in [0.3, 0.4) is 0 Å². The van der Waals surface area contributed by atoms with Crippen LogP contribution in [-0.2, 0) is 6.54 Å². The summed E-state index contributed by atoms with van der Waals surface area (Å²) in [6.45, 7) is 7.08. The molecular formula is C16H18ClN3S. The number of fused-ring (bicyclic) bond motifs is 1. The first-order chi connectivity index (χ1) is 10.1. The molecule has 0 unspecified atom stereocenters. The summed E-state index contributed by atoms with van der Waals surface area (Å²) >= 11 is 7.98. The van der Waals surface area contributed by atoms with Gasteiger partial charge in [0.1, 0.15) is 0 Å². The number of rotatable bonds is 4. The summed E-state index contributed by atoms with van der Waals surface area (Å²) < 4.78 is 2.18. The quantitative estimate of drug-likeness (QED) is 0.766. The number of hydrogen-bond donors (Lipinski definition) is 1. The van der Waals surface area contributed by atoms with E-state index in [0.29, 0.717) is 0 Å². The predicted molar refractivity (Wildman–Crippen MR) is 89.2 cm³/mol. The van der Waals surface area contributed by atoms with Crippen LogP contribution in [0, 0.1) is 13.8 Å². The van der Waals surface area contributed by atoms with Crippen LogP contribution in [0.4, 0.5) is 0 Å². The fraction of sp³-hybridized carbons (Fsp3) is 0.312. The van der Waals surface area contributed by atoms with Crippen LogP contribution in [-0.4, -0.2) is 9.38 Å². The van der Waals surface area contributed by atoms with E-state index in [1.165, 1.54) is 10.6 Å². The Morgan fingerprint density at radius 3 is 2.86 bits per heavy atom. The standard InChI is InChI=1S/C16H18ClN3S/c1-10-9-20-15(12(3)19-16(20)21-10)8-18-11(2)13-6-4-5-7-14(13)17/h4-7,9,11,18H,8H2,1-3H3/t11-/m1/s1. The second-order valence-corrected chi connectivity index (χ2v) is 6.88. The molecule has 3 nitrogen and oxygen atoms in total. The maximum Gasteiger partial charge on any atom is 0.194 e. The van der Waals surface area contributed by atoms with Gasteiger partial charge in [-0.25, -0.2) is 4.98 Å². The molecule has 0 spiro atoms. The monoisotopic (exact) mass is 319 g/mol. The van der Waals surface area contributed by atoms with Crippen LogP contribution in [0.25, 0.3) is 4.96 Å². The molecule has 110 valence electrons. The van der Waals surface area contributed by atoms with Gasteiger partial charge < -0.3 is 5.32 Å². The Morgan fingerprint density at radius 1 is 1.33 bits per heavy atom. The molecule has 1 aromatic carbocycles. The van der Waals surface area contributed by atoms with E-state index in [1.807, 2.05) is 18.2 Å². The number of benzene rings is 1. The lowest BCUT2D eigenvalue weighted by Gasteiger charge is -2.15. The van der Waals surface area contributed by atoms with E-state index in [0.717, 1.165) is 27.8 Å². The number of nitrogens with zero attached hydrogens (tertiary/aromatic N) is 2. The van der Waals surface area contributed by atoms with Crippen molar-refractivity contribution in [1.29, 1.82) is 0 Å². The van der Waals surface area contributed by atoms with Crippen molar-refractivity contribution in [2.45, 2.75) is 33.4 Å². The van der Waals surface area contributed by atoms with Gasteiger partial charge in [0.2, 0.25) is 0 Å². The van der Waals surface area contributed by atoms with Crippen molar-refractivity contribution in [1.82, 2.24) is 14.7 Å². The van der Waals surface area contributed by atoms with E-state index < -0.39 is 0 Å². The van der Waals surface area contributed by atoms with Gasteiger partial charge in [0, 0.05) is 28.7 Å². The molecule has 0 aliphatic heterocycles. The van der Waals surface area contributed by atoms with Crippen LogP contribution < -0.4 is 5.32 Å². The first kappa shape index (κ1) is 14.6. The van der Waals surface area contributed by atoms with Crippen LogP contribution >= 0.6 is 22.9 Å². The largest absolute Gasteiger partial charge is 0.305 e. The molecule has 0 amide bonds. The van der Waals surface area contributed by atoms with E-state index in [-0.39, 0.29) is 6.04 Å². The minimum Gasteiger partial charge on any atom is -0.305 e. The van der Waals surface area contributed by atoms with Gasteiger partial charge in [0.25, 0.3) is 0 Å². The average Bonchev–Trinajstić information content (AvgIpc) is 2.92. The molecule has 0 fully saturated rings. The van der Waals surface area contributed by atoms with Gasteiger partial charge in [0.15, 0.2) is 4.96 Å². The van der Waals surface area contributed by atoms with Crippen molar-refractivity contribution in [2.24, 2.45) is 0 Å². The van der Waals surface area contributed by atoms with Crippen molar-refractivity contribution in [3.8, 4) is 0 Å². The lowest BCUT2D eigenvalue weighted by atomic mass is 10.1. The highest BCUT2D eigenvalue weighted by Crippen LogP contribution is 2.24. The molecule has 0 aliphatic carbocycles. The number of aryl methyl sites for hydroxylation is 2. The third-order valence-corrected chi connectivity index (χ3v) is 4.93. The fourth-order valence-electron chi connectivity index (χ4n) is 2.51. The van der Waals surface area contributed by atoms with E-state index >= 15 is 0 Å². The molecule has 0 aliphatic rings. The van der Waals surface area contributed by atoms with Gasteiger partial charge >= 0.3 is 0 Å². The van der Waals surface area contributed by atoms with Gasteiger partial charge in [-0.05, 0) is 32.4 Å². The van der Waals surface area contributed by atoms with E-state index in [2.05, 4.69) is 47.7 Å². The molecular weight excluding hydrogens is 302 g/mol. The summed E-state index contributed by atoms with van der Waals surface area (Å²) in [5, 5.41) is 4.35. The van der Waals surface area contributed by atoms with E-state index in [4.69, 9.17) is 11.6 Å². The van der Waals surface area contributed by atoms with Crippen LogP contribution in [0.2, 0.25) is 5.02 Å². The highest BCUT2D eigenvalue weighted by atomic mass is 35.5. The molecule has 0 saturated heterocycles. The lowest BCUT2D eigenvalue weighted by Crippen LogP contribution is -2.19. The highest BCUT2D eigenvalue weighted by molar-refractivity contribution is 7.17. The van der Waals surface area contributed by atoms with Crippen LogP contribution in [0.5, 0.6) is 0 Å². The average molecular weight is 320 g/mol. The molecule has 5 heteroatoms. The molecule has 2 aromatic heterocycles. The summed E-state index contributed by atoms with van der Waals surface area (Å²) in [4.78, 5) is 6.96. The number of aromatic nitrogens is 2. The zero-order valence-corrected chi connectivity index (χ0v) is 13.9. The molecule has 3 aromatic rings. The Kier molecular flexibility index (Phi) is 4.02. The van der Waals surface area contributed by atoms with Gasteiger partial charge in [-0.3, -0.25) is 4.40 Å². The lowest BCUT2D eigenvalue weighted by molar-refractivity contribution is 0.564. The van der Waals surface area contributed by atoms with E-state index in [9.17, 15) is 0 Å². The molecule has 0 radical (unpaired) electrons. The molecule has 3 rings (SSSR count). The number of thiazole rings is 1. The van der Waals surface area contributed by atoms with Crippen LogP contribution in [0.1, 0.15) is 34.8 Å². The minimum absolute atomic E-state index is 0.198. The van der Waals surface area contributed by atoms with Gasteiger partial charge in [0.05, 0.1) is 11.4 Å². The predicted octanol–water partition coefficient (Wildman–Crippen LogP) is 4.52. The van der Waals surface area contributed by atoms with Crippen molar-refractivity contribution < 1.29 is 0 Å². The smallest absolute Gasteiger partial charge is 0.194 e. The van der Waals surface area contributed by atoms with Gasteiger partial charge in [-0.2, -0.15) is 0 Å². The Morgan fingerprint density at radius 2 is 2.10 bits per heavy atom. The van der Waals surface area contributed by atoms with E-state index in [1.54, 1.807) is 11.3 Å². The summed E-state index contributed by atoms with van der Waals surface area (Å²) in [5.74, 6) is 0. The van der Waals surface area contributed by atoms with Gasteiger partial charge in [-0.15, -0.1) is 11.3 Å². The second kappa shape index (κ2) is 5.79. The number of imidazole rings is 1. The third kappa shape index (κ3) is 2.84. The first-order valence-electron chi connectivity index (χ1n) is 6.98. The normalized spacial score (nSPS) is 13.0. The first-order valence-corrected chi connectivity index (χ1v) is 8.17. The summed E-state index contributed by atoms with van der Waals surface area (Å²) in [6, 6.07) is 8.16. The van der Waals surface area contributed by atoms with Crippen molar-refractivity contribution in [3.63, 3.8) is 0 Å². The Labute approximate surface area is 133 Å². The Balaban J connectivity index is 1.80.